The van der Waals surface area contributed by atoms with Crippen molar-refractivity contribution in [1.29, 1.82) is 0 Å². The van der Waals surface area contributed by atoms with Crippen molar-refractivity contribution in [3.05, 3.63) is 47.4 Å². The molecule has 3 heterocycles. The van der Waals surface area contributed by atoms with Crippen LogP contribution in [0, 0.1) is 0 Å². The molecule has 2 aliphatic heterocycles. The van der Waals surface area contributed by atoms with Gasteiger partial charge in [-0.05, 0) is 64.4 Å². The van der Waals surface area contributed by atoms with Crippen LogP contribution < -0.4 is 4.90 Å². The zero-order chi connectivity index (χ0) is 27.8. The Morgan fingerprint density at radius 2 is 1.74 bits per heavy atom. The molecule has 0 bridgehead atoms. The highest BCUT2D eigenvalue weighted by atomic mass is 32.2. The van der Waals surface area contributed by atoms with E-state index in [-0.39, 0.29) is 10.4 Å². The van der Waals surface area contributed by atoms with Crippen LogP contribution in [-0.4, -0.2) is 59.6 Å². The van der Waals surface area contributed by atoms with Gasteiger partial charge in [-0.2, -0.15) is 13.2 Å². The van der Waals surface area contributed by atoms with Gasteiger partial charge < -0.3 is 14.5 Å². The molecule has 2 aromatic rings. The van der Waals surface area contributed by atoms with Gasteiger partial charge in [-0.1, -0.05) is 49.9 Å². The molecule has 2 aliphatic rings. The van der Waals surface area contributed by atoms with E-state index in [0.29, 0.717) is 12.1 Å². The Morgan fingerprint density at radius 1 is 1.00 bits per heavy atom. The van der Waals surface area contributed by atoms with E-state index in [1.165, 1.54) is 43.9 Å². The van der Waals surface area contributed by atoms with Crippen molar-refractivity contribution in [3.8, 4) is 0 Å². The summed E-state index contributed by atoms with van der Waals surface area (Å²) in [4.78, 5) is 20.7. The molecule has 1 atom stereocenters. The summed E-state index contributed by atoms with van der Waals surface area (Å²) in [6.07, 6.45) is 6.60. The standard InChI is InChI=1S/C30H40F3N3O2S/c1-22-28(23(2)39-29(22)37)38-20-9-7-5-3-4-6-8-15-35-16-10-17-36(19-18-35)27-13-14-34-26-21-24(30(31,32)33)11-12-25(26)27/h11-14,21,23H,3-10,15-20H2,1-2H3. The Hall–Kier alpha value is -2.26. The molecule has 4 rings (SSSR count). The lowest BCUT2D eigenvalue weighted by Crippen LogP contribution is -2.31. The number of carbonyl (C=O) groups is 1. The molecule has 9 heteroatoms. The second-order valence-electron chi connectivity index (χ2n) is 10.6. The lowest BCUT2D eigenvalue weighted by molar-refractivity contribution is -0.137. The van der Waals surface area contributed by atoms with E-state index in [0.717, 1.165) is 86.5 Å². The van der Waals surface area contributed by atoms with Gasteiger partial charge in [0.2, 0.25) is 5.12 Å². The Kier molecular flexibility index (Phi) is 10.6. The number of benzene rings is 1. The number of carbonyl (C=O) groups excluding carboxylic acids is 1. The number of fused-ring (bicyclic) bond motifs is 1. The van der Waals surface area contributed by atoms with E-state index >= 15 is 0 Å². The van der Waals surface area contributed by atoms with Gasteiger partial charge in [0, 0.05) is 42.5 Å². The van der Waals surface area contributed by atoms with Gasteiger partial charge in [0.05, 0.1) is 22.9 Å². The summed E-state index contributed by atoms with van der Waals surface area (Å²) in [6, 6.07) is 5.79. The van der Waals surface area contributed by atoms with Crippen LogP contribution in [0.5, 0.6) is 0 Å². The normalized spacial score (nSPS) is 19.3. The average Bonchev–Trinajstić information content (AvgIpc) is 3.05. The zero-order valence-corrected chi connectivity index (χ0v) is 23.9. The smallest absolute Gasteiger partial charge is 0.416 e. The van der Waals surface area contributed by atoms with Crippen LogP contribution in [0.1, 0.15) is 70.8 Å². The van der Waals surface area contributed by atoms with E-state index < -0.39 is 11.7 Å². The molecule has 5 nitrogen and oxygen atoms in total. The lowest BCUT2D eigenvalue weighted by Gasteiger charge is -2.25. The number of pyridine rings is 1. The fourth-order valence-electron chi connectivity index (χ4n) is 5.46. The fourth-order valence-corrected chi connectivity index (χ4v) is 6.41. The minimum Gasteiger partial charge on any atom is -0.496 e. The first-order valence-electron chi connectivity index (χ1n) is 14.2. The highest BCUT2D eigenvalue weighted by Gasteiger charge is 2.31. The monoisotopic (exact) mass is 563 g/mol. The highest BCUT2D eigenvalue weighted by Crippen LogP contribution is 2.35. The number of aromatic nitrogens is 1. The molecular formula is C30H40F3N3O2S. The quantitative estimate of drug-likeness (QED) is 0.250. The molecule has 1 aromatic heterocycles. The Balaban J connectivity index is 1.11. The van der Waals surface area contributed by atoms with Gasteiger partial charge in [-0.15, -0.1) is 0 Å². The van der Waals surface area contributed by atoms with Crippen LogP contribution in [-0.2, 0) is 15.7 Å². The summed E-state index contributed by atoms with van der Waals surface area (Å²) < 4.78 is 45.2. The average molecular weight is 564 g/mol. The maximum atomic E-state index is 13.1. The van der Waals surface area contributed by atoms with Gasteiger partial charge in [0.15, 0.2) is 0 Å². The van der Waals surface area contributed by atoms with E-state index in [9.17, 15) is 18.0 Å². The second kappa shape index (κ2) is 13.9. The largest absolute Gasteiger partial charge is 0.496 e. The van der Waals surface area contributed by atoms with Crippen molar-refractivity contribution in [1.82, 2.24) is 9.88 Å². The van der Waals surface area contributed by atoms with Gasteiger partial charge in [0.25, 0.3) is 0 Å². The third-order valence-corrected chi connectivity index (χ3v) is 8.77. The molecule has 0 spiro atoms. The Morgan fingerprint density at radius 3 is 2.46 bits per heavy atom. The first-order valence-corrected chi connectivity index (χ1v) is 15.1. The number of halogens is 3. The number of alkyl halides is 3. The first-order chi connectivity index (χ1) is 18.7. The summed E-state index contributed by atoms with van der Waals surface area (Å²) in [5.74, 6) is 0.871. The molecular weight excluding hydrogens is 523 g/mol. The van der Waals surface area contributed by atoms with Crippen molar-refractivity contribution in [2.45, 2.75) is 76.6 Å². The lowest BCUT2D eigenvalue weighted by atomic mass is 10.1. The van der Waals surface area contributed by atoms with E-state index in [2.05, 4.69) is 14.8 Å². The van der Waals surface area contributed by atoms with E-state index in [1.807, 2.05) is 19.9 Å². The van der Waals surface area contributed by atoms with Crippen LogP contribution >= 0.6 is 11.8 Å². The predicted molar refractivity (Wildman–Crippen MR) is 153 cm³/mol. The predicted octanol–water partition coefficient (Wildman–Crippen LogP) is 7.45. The first kappa shape index (κ1) is 29.7. The van der Waals surface area contributed by atoms with Gasteiger partial charge in [-0.25, -0.2) is 0 Å². The van der Waals surface area contributed by atoms with Gasteiger partial charge in [-0.3, -0.25) is 9.78 Å². The maximum Gasteiger partial charge on any atom is 0.416 e. The van der Waals surface area contributed by atoms with Crippen LogP contribution in [0.25, 0.3) is 10.9 Å². The molecule has 1 unspecified atom stereocenters. The Labute approximate surface area is 234 Å². The van der Waals surface area contributed by atoms with Gasteiger partial charge >= 0.3 is 6.18 Å². The minimum absolute atomic E-state index is 0.142. The third-order valence-electron chi connectivity index (χ3n) is 7.68. The minimum atomic E-state index is -4.36. The number of rotatable bonds is 12. The number of unbranched alkanes of at least 4 members (excludes halogenated alkanes) is 6. The molecule has 1 saturated heterocycles. The summed E-state index contributed by atoms with van der Waals surface area (Å²) in [6.45, 7) is 9.45. The molecule has 0 saturated carbocycles. The summed E-state index contributed by atoms with van der Waals surface area (Å²) >= 11 is 1.35. The van der Waals surface area contributed by atoms with Crippen LogP contribution in [0.15, 0.2) is 41.8 Å². The number of hydrogen-bond acceptors (Lipinski definition) is 6. The molecule has 1 fully saturated rings. The van der Waals surface area contributed by atoms with Crippen LogP contribution in [0.3, 0.4) is 0 Å². The van der Waals surface area contributed by atoms with Crippen molar-refractivity contribution in [2.75, 3.05) is 44.2 Å². The van der Waals surface area contributed by atoms with E-state index in [4.69, 9.17) is 4.74 Å². The topological polar surface area (TPSA) is 45.7 Å². The van der Waals surface area contributed by atoms with E-state index in [1.54, 1.807) is 12.3 Å². The molecule has 214 valence electrons. The summed E-state index contributed by atoms with van der Waals surface area (Å²) in [7, 11) is 0. The number of anilines is 1. The maximum absolute atomic E-state index is 13.1. The molecule has 0 N–H and O–H groups in total. The number of ether oxygens (including phenoxy) is 1. The van der Waals surface area contributed by atoms with Crippen molar-refractivity contribution in [2.24, 2.45) is 0 Å². The fraction of sp³-hybridized carbons (Fsp3) is 0.600. The van der Waals surface area contributed by atoms with Crippen molar-refractivity contribution in [3.63, 3.8) is 0 Å². The molecule has 1 aromatic carbocycles. The zero-order valence-electron chi connectivity index (χ0n) is 23.1. The highest BCUT2D eigenvalue weighted by molar-refractivity contribution is 8.15. The summed E-state index contributed by atoms with van der Waals surface area (Å²) in [5.41, 5.74) is 1.48. The van der Waals surface area contributed by atoms with Crippen LogP contribution in [0.4, 0.5) is 18.9 Å². The molecule has 0 aliphatic carbocycles. The van der Waals surface area contributed by atoms with Gasteiger partial charge in [0.1, 0.15) is 5.76 Å². The molecule has 39 heavy (non-hydrogen) atoms. The number of thioether (sulfide) groups is 1. The SMILES string of the molecule is CC1=C(OCCCCCCCCCN2CCCN(c3ccnc4cc(C(F)(F)F)ccc34)CC2)C(C)SC1=O. The number of hydrogen-bond donors (Lipinski definition) is 0. The Bertz CT molecular complexity index is 1150. The van der Waals surface area contributed by atoms with Crippen LogP contribution in [0.2, 0.25) is 0 Å². The molecule has 0 radical (unpaired) electrons. The van der Waals surface area contributed by atoms with Crippen molar-refractivity contribution >= 4 is 33.5 Å². The second-order valence-corrected chi connectivity index (χ2v) is 11.9. The third kappa shape index (κ3) is 8.13. The summed E-state index contributed by atoms with van der Waals surface area (Å²) in [5, 5.41) is 1.07. The number of nitrogens with zero attached hydrogens (tertiary/aromatic N) is 3. The molecule has 0 amide bonds. The van der Waals surface area contributed by atoms with Crippen molar-refractivity contribution < 1.29 is 22.7 Å².